The van der Waals surface area contributed by atoms with Gasteiger partial charge in [0.15, 0.2) is 11.5 Å². The van der Waals surface area contributed by atoms with E-state index >= 15 is 0 Å². The standard InChI is InChI=1S/C16H21N3O4/c1-10(2)19-8-12(6-15(19)20)18-16(21)17-7-11-3-4-13-14(5-11)23-9-22-13/h3-5,10,12H,6-9H2,1-2H3,(H2,17,18,21)/t12-/m1/s1. The minimum atomic E-state index is -0.272. The van der Waals surface area contributed by atoms with E-state index in [0.717, 1.165) is 11.3 Å². The summed E-state index contributed by atoms with van der Waals surface area (Å²) in [6.07, 6.45) is 0.357. The van der Waals surface area contributed by atoms with Crippen molar-refractivity contribution in [2.75, 3.05) is 13.3 Å². The van der Waals surface area contributed by atoms with Crippen LogP contribution in [-0.2, 0) is 11.3 Å². The lowest BCUT2D eigenvalue weighted by Crippen LogP contribution is -2.43. The van der Waals surface area contributed by atoms with Crippen LogP contribution in [0, 0.1) is 0 Å². The maximum Gasteiger partial charge on any atom is 0.315 e. The van der Waals surface area contributed by atoms with Gasteiger partial charge in [-0.2, -0.15) is 0 Å². The number of urea groups is 1. The third-order valence-electron chi connectivity index (χ3n) is 4.01. The number of nitrogens with one attached hydrogen (secondary N) is 2. The molecule has 1 aromatic carbocycles. The van der Waals surface area contributed by atoms with E-state index in [2.05, 4.69) is 10.6 Å². The van der Waals surface area contributed by atoms with E-state index in [9.17, 15) is 9.59 Å². The number of fused-ring (bicyclic) bond motifs is 1. The Labute approximate surface area is 134 Å². The number of hydrogen-bond acceptors (Lipinski definition) is 4. The molecule has 0 saturated carbocycles. The highest BCUT2D eigenvalue weighted by molar-refractivity contribution is 5.81. The number of carbonyl (C=O) groups excluding carboxylic acids is 2. The molecule has 0 radical (unpaired) electrons. The molecule has 1 saturated heterocycles. The van der Waals surface area contributed by atoms with Gasteiger partial charge in [-0.25, -0.2) is 4.79 Å². The Kier molecular flexibility index (Phi) is 4.27. The third-order valence-corrected chi connectivity index (χ3v) is 4.01. The lowest BCUT2D eigenvalue weighted by molar-refractivity contribution is -0.129. The molecule has 0 bridgehead atoms. The predicted molar refractivity (Wildman–Crippen MR) is 83.2 cm³/mol. The summed E-state index contributed by atoms with van der Waals surface area (Å²) in [5.74, 6) is 1.50. The van der Waals surface area contributed by atoms with Crippen LogP contribution in [0.1, 0.15) is 25.8 Å². The Morgan fingerprint density at radius 3 is 2.87 bits per heavy atom. The summed E-state index contributed by atoms with van der Waals surface area (Å²) in [6, 6.07) is 5.31. The quantitative estimate of drug-likeness (QED) is 0.874. The van der Waals surface area contributed by atoms with Crippen molar-refractivity contribution < 1.29 is 19.1 Å². The average Bonchev–Trinajstić information content (AvgIpc) is 3.10. The zero-order valence-corrected chi connectivity index (χ0v) is 13.3. The molecule has 1 aromatic rings. The van der Waals surface area contributed by atoms with Crippen LogP contribution in [0.4, 0.5) is 4.79 Å². The second kappa shape index (κ2) is 6.36. The van der Waals surface area contributed by atoms with Crippen LogP contribution in [0.2, 0.25) is 0 Å². The second-order valence-electron chi connectivity index (χ2n) is 6.06. The molecule has 2 heterocycles. The van der Waals surface area contributed by atoms with Crippen molar-refractivity contribution in [2.24, 2.45) is 0 Å². The molecule has 1 atom stereocenters. The lowest BCUT2D eigenvalue weighted by atomic mass is 10.2. The van der Waals surface area contributed by atoms with E-state index in [0.29, 0.717) is 25.3 Å². The van der Waals surface area contributed by atoms with Gasteiger partial charge in [-0.1, -0.05) is 6.07 Å². The van der Waals surface area contributed by atoms with Crippen molar-refractivity contribution in [1.82, 2.24) is 15.5 Å². The van der Waals surface area contributed by atoms with Crippen LogP contribution in [-0.4, -0.2) is 42.3 Å². The summed E-state index contributed by atoms with van der Waals surface area (Å²) < 4.78 is 10.6. The first kappa shape index (κ1) is 15.5. The number of hydrogen-bond donors (Lipinski definition) is 2. The van der Waals surface area contributed by atoms with E-state index in [1.165, 1.54) is 0 Å². The van der Waals surface area contributed by atoms with Gasteiger partial charge in [0, 0.05) is 25.6 Å². The van der Waals surface area contributed by atoms with E-state index in [1.54, 1.807) is 4.90 Å². The number of benzene rings is 1. The molecule has 0 aliphatic carbocycles. The number of ether oxygens (including phenoxy) is 2. The van der Waals surface area contributed by atoms with Crippen LogP contribution in [0.3, 0.4) is 0 Å². The fraction of sp³-hybridized carbons (Fsp3) is 0.500. The molecule has 2 aliphatic heterocycles. The molecule has 7 heteroatoms. The van der Waals surface area contributed by atoms with Gasteiger partial charge in [-0.3, -0.25) is 4.79 Å². The van der Waals surface area contributed by atoms with Crippen LogP contribution < -0.4 is 20.1 Å². The Morgan fingerprint density at radius 1 is 1.35 bits per heavy atom. The zero-order chi connectivity index (χ0) is 16.4. The van der Waals surface area contributed by atoms with Crippen molar-refractivity contribution in [1.29, 1.82) is 0 Å². The van der Waals surface area contributed by atoms with Crippen molar-refractivity contribution in [2.45, 2.75) is 38.9 Å². The molecule has 7 nitrogen and oxygen atoms in total. The summed E-state index contributed by atoms with van der Waals surface area (Å²) in [4.78, 5) is 25.6. The number of amides is 3. The molecular formula is C16H21N3O4. The van der Waals surface area contributed by atoms with Crippen LogP contribution in [0.25, 0.3) is 0 Å². The largest absolute Gasteiger partial charge is 0.454 e. The topological polar surface area (TPSA) is 79.9 Å². The minimum absolute atomic E-state index is 0.0843. The summed E-state index contributed by atoms with van der Waals surface area (Å²) >= 11 is 0. The normalized spacial score (nSPS) is 19.3. The molecule has 3 amide bonds. The predicted octanol–water partition coefficient (Wildman–Crippen LogP) is 1.22. The van der Waals surface area contributed by atoms with Gasteiger partial charge in [-0.05, 0) is 31.5 Å². The maximum atomic E-state index is 12.0. The van der Waals surface area contributed by atoms with Crippen molar-refractivity contribution in [3.63, 3.8) is 0 Å². The van der Waals surface area contributed by atoms with Crippen molar-refractivity contribution in [3.05, 3.63) is 23.8 Å². The molecule has 0 unspecified atom stereocenters. The number of rotatable bonds is 4. The Morgan fingerprint density at radius 2 is 2.13 bits per heavy atom. The number of carbonyl (C=O) groups is 2. The lowest BCUT2D eigenvalue weighted by Gasteiger charge is -2.21. The highest BCUT2D eigenvalue weighted by atomic mass is 16.7. The van der Waals surface area contributed by atoms with Crippen LogP contribution >= 0.6 is 0 Å². The smallest absolute Gasteiger partial charge is 0.315 e. The zero-order valence-electron chi connectivity index (χ0n) is 13.3. The SMILES string of the molecule is CC(C)N1C[C@H](NC(=O)NCc2ccc3c(c2)OCO3)CC1=O. The highest BCUT2D eigenvalue weighted by Crippen LogP contribution is 2.32. The maximum absolute atomic E-state index is 12.0. The summed E-state index contributed by atoms with van der Waals surface area (Å²) in [5, 5.41) is 5.65. The van der Waals surface area contributed by atoms with E-state index in [-0.39, 0.29) is 30.8 Å². The Balaban J connectivity index is 1.48. The van der Waals surface area contributed by atoms with Gasteiger partial charge >= 0.3 is 6.03 Å². The van der Waals surface area contributed by atoms with E-state index in [4.69, 9.17) is 9.47 Å². The van der Waals surface area contributed by atoms with Gasteiger partial charge in [-0.15, -0.1) is 0 Å². The van der Waals surface area contributed by atoms with Crippen LogP contribution in [0.15, 0.2) is 18.2 Å². The minimum Gasteiger partial charge on any atom is -0.454 e. The van der Waals surface area contributed by atoms with Gasteiger partial charge in [0.1, 0.15) is 0 Å². The molecular weight excluding hydrogens is 298 g/mol. The van der Waals surface area contributed by atoms with Gasteiger partial charge in [0.05, 0.1) is 6.04 Å². The van der Waals surface area contributed by atoms with Gasteiger partial charge in [0.25, 0.3) is 0 Å². The first-order valence-corrected chi connectivity index (χ1v) is 7.75. The molecule has 0 spiro atoms. The van der Waals surface area contributed by atoms with Gasteiger partial charge < -0.3 is 25.0 Å². The first-order valence-electron chi connectivity index (χ1n) is 7.75. The van der Waals surface area contributed by atoms with E-state index < -0.39 is 0 Å². The fourth-order valence-corrected chi connectivity index (χ4v) is 2.80. The Hall–Kier alpha value is -2.44. The van der Waals surface area contributed by atoms with Crippen molar-refractivity contribution in [3.8, 4) is 11.5 Å². The molecule has 3 rings (SSSR count). The highest BCUT2D eigenvalue weighted by Gasteiger charge is 2.31. The summed E-state index contributed by atoms with van der Waals surface area (Å²) in [7, 11) is 0. The monoisotopic (exact) mass is 319 g/mol. The molecule has 0 aromatic heterocycles. The first-order chi connectivity index (χ1) is 11.0. The van der Waals surface area contributed by atoms with E-state index in [1.807, 2.05) is 32.0 Å². The average molecular weight is 319 g/mol. The van der Waals surface area contributed by atoms with Crippen molar-refractivity contribution >= 4 is 11.9 Å². The molecule has 23 heavy (non-hydrogen) atoms. The van der Waals surface area contributed by atoms with Crippen LogP contribution in [0.5, 0.6) is 11.5 Å². The number of likely N-dealkylation sites (tertiary alicyclic amines) is 1. The number of nitrogens with zero attached hydrogens (tertiary/aromatic N) is 1. The fourth-order valence-electron chi connectivity index (χ4n) is 2.80. The second-order valence-corrected chi connectivity index (χ2v) is 6.06. The molecule has 124 valence electrons. The van der Waals surface area contributed by atoms with Gasteiger partial charge in [0.2, 0.25) is 12.7 Å². The summed E-state index contributed by atoms with van der Waals surface area (Å²) in [6.45, 7) is 5.12. The summed E-state index contributed by atoms with van der Waals surface area (Å²) in [5.41, 5.74) is 0.927. The third kappa shape index (κ3) is 3.49. The molecule has 2 aliphatic rings. The molecule has 1 fully saturated rings. The Bertz CT molecular complexity index is 617. The molecule has 2 N–H and O–H groups in total.